The molecule has 0 fully saturated rings. The molecule has 8 nitrogen and oxygen atoms in total. The normalized spacial score (nSPS) is 11.0. The third-order valence-electron chi connectivity index (χ3n) is 4.33. The van der Waals surface area contributed by atoms with Crippen LogP contribution in [-0.4, -0.2) is 30.1 Å². The predicted octanol–water partition coefficient (Wildman–Crippen LogP) is 2.84. The van der Waals surface area contributed by atoms with Crippen LogP contribution in [-0.2, 0) is 6.54 Å². The SMILES string of the molecule is CCn1c(NC(=O)c2cc(C)nc3cc(C)nn23)nc2cc(C#N)ccc21. The third-order valence-corrected chi connectivity index (χ3v) is 4.33. The minimum Gasteiger partial charge on any atom is -0.310 e. The Morgan fingerprint density at radius 3 is 2.74 bits per heavy atom. The van der Waals surface area contributed by atoms with Gasteiger partial charge in [0.15, 0.2) is 5.65 Å². The summed E-state index contributed by atoms with van der Waals surface area (Å²) in [6.07, 6.45) is 0. The van der Waals surface area contributed by atoms with E-state index in [1.54, 1.807) is 18.2 Å². The molecule has 0 radical (unpaired) electrons. The molecule has 1 amide bonds. The van der Waals surface area contributed by atoms with Crippen molar-refractivity contribution >= 4 is 28.5 Å². The summed E-state index contributed by atoms with van der Waals surface area (Å²) < 4.78 is 3.43. The molecule has 0 aliphatic heterocycles. The number of nitrogens with one attached hydrogen (secondary N) is 1. The van der Waals surface area contributed by atoms with Gasteiger partial charge in [-0.25, -0.2) is 14.5 Å². The number of aromatic nitrogens is 5. The van der Waals surface area contributed by atoms with Gasteiger partial charge in [-0.3, -0.25) is 10.1 Å². The number of rotatable bonds is 3. The largest absolute Gasteiger partial charge is 0.310 e. The van der Waals surface area contributed by atoms with E-state index in [1.165, 1.54) is 4.52 Å². The van der Waals surface area contributed by atoms with Gasteiger partial charge in [0.2, 0.25) is 5.95 Å². The number of hydrogen-bond acceptors (Lipinski definition) is 5. The maximum Gasteiger partial charge on any atom is 0.276 e. The second-order valence-corrected chi connectivity index (χ2v) is 6.29. The maximum absolute atomic E-state index is 13.0. The average Bonchev–Trinajstić information content (AvgIpc) is 3.18. The van der Waals surface area contributed by atoms with Crippen molar-refractivity contribution in [1.82, 2.24) is 24.1 Å². The molecule has 0 aliphatic carbocycles. The highest BCUT2D eigenvalue weighted by Crippen LogP contribution is 2.21. The Morgan fingerprint density at radius 1 is 1.19 bits per heavy atom. The van der Waals surface area contributed by atoms with Crippen LogP contribution in [0.3, 0.4) is 0 Å². The van der Waals surface area contributed by atoms with Gasteiger partial charge in [0.1, 0.15) is 5.69 Å². The molecule has 3 aromatic heterocycles. The van der Waals surface area contributed by atoms with Crippen LogP contribution in [0, 0.1) is 25.2 Å². The lowest BCUT2D eigenvalue weighted by Gasteiger charge is -2.09. The molecule has 0 saturated heterocycles. The zero-order valence-corrected chi connectivity index (χ0v) is 15.2. The predicted molar refractivity (Wildman–Crippen MR) is 101 cm³/mol. The topological polar surface area (TPSA) is 101 Å². The lowest BCUT2D eigenvalue weighted by molar-refractivity contribution is 0.101. The minimum atomic E-state index is -0.320. The van der Waals surface area contributed by atoms with E-state index in [1.807, 2.05) is 37.5 Å². The molecular formula is C19H17N7O. The van der Waals surface area contributed by atoms with Gasteiger partial charge in [0.05, 0.1) is 28.4 Å². The van der Waals surface area contributed by atoms with Crippen LogP contribution in [0.1, 0.15) is 34.4 Å². The van der Waals surface area contributed by atoms with Crippen molar-refractivity contribution in [3.8, 4) is 6.07 Å². The van der Waals surface area contributed by atoms with Gasteiger partial charge in [0.25, 0.3) is 5.91 Å². The molecule has 0 spiro atoms. The molecule has 0 bridgehead atoms. The number of imidazole rings is 1. The Hall–Kier alpha value is -3.73. The summed E-state index contributed by atoms with van der Waals surface area (Å²) in [5.41, 5.74) is 4.58. The smallest absolute Gasteiger partial charge is 0.276 e. The van der Waals surface area contributed by atoms with E-state index in [0.717, 1.165) is 16.9 Å². The van der Waals surface area contributed by atoms with Gasteiger partial charge in [-0.1, -0.05) is 0 Å². The highest BCUT2D eigenvalue weighted by molar-refractivity contribution is 6.03. The van der Waals surface area contributed by atoms with E-state index in [0.29, 0.717) is 34.9 Å². The molecule has 0 unspecified atom stereocenters. The number of benzene rings is 1. The van der Waals surface area contributed by atoms with Crippen molar-refractivity contribution in [3.05, 3.63) is 53.0 Å². The summed E-state index contributed by atoms with van der Waals surface area (Å²) in [5, 5.41) is 16.3. The number of aryl methyl sites for hydroxylation is 3. The molecular weight excluding hydrogens is 342 g/mol. The van der Waals surface area contributed by atoms with Crippen LogP contribution in [0.25, 0.3) is 16.7 Å². The summed E-state index contributed by atoms with van der Waals surface area (Å²) in [6.45, 7) is 6.29. The first kappa shape index (κ1) is 16.7. The Kier molecular flexibility index (Phi) is 3.85. The van der Waals surface area contributed by atoms with Crippen molar-refractivity contribution in [3.63, 3.8) is 0 Å². The Balaban J connectivity index is 1.78. The van der Waals surface area contributed by atoms with Gasteiger partial charge in [-0.15, -0.1) is 0 Å². The summed E-state index contributed by atoms with van der Waals surface area (Å²) in [4.78, 5) is 21.9. The Bertz CT molecular complexity index is 1240. The summed E-state index contributed by atoms with van der Waals surface area (Å²) in [6, 6.07) is 10.9. The number of amides is 1. The Morgan fingerprint density at radius 2 is 2.00 bits per heavy atom. The zero-order valence-electron chi connectivity index (χ0n) is 15.2. The van der Waals surface area contributed by atoms with E-state index in [-0.39, 0.29) is 5.91 Å². The number of nitrogens with zero attached hydrogens (tertiary/aromatic N) is 6. The highest BCUT2D eigenvalue weighted by atomic mass is 16.2. The van der Waals surface area contributed by atoms with E-state index < -0.39 is 0 Å². The zero-order chi connectivity index (χ0) is 19.1. The van der Waals surface area contributed by atoms with Gasteiger partial charge < -0.3 is 4.57 Å². The van der Waals surface area contributed by atoms with Crippen molar-refractivity contribution in [2.24, 2.45) is 0 Å². The number of carbonyl (C=O) groups is 1. The fourth-order valence-corrected chi connectivity index (χ4v) is 3.16. The maximum atomic E-state index is 13.0. The van der Waals surface area contributed by atoms with Gasteiger partial charge >= 0.3 is 0 Å². The molecule has 4 aromatic rings. The summed E-state index contributed by atoms with van der Waals surface area (Å²) in [7, 11) is 0. The lowest BCUT2D eigenvalue weighted by Crippen LogP contribution is -2.20. The van der Waals surface area contributed by atoms with Crippen molar-refractivity contribution in [2.75, 3.05) is 5.32 Å². The summed E-state index contributed by atoms with van der Waals surface area (Å²) in [5.74, 6) is 0.109. The van der Waals surface area contributed by atoms with Crippen LogP contribution in [0.2, 0.25) is 0 Å². The van der Waals surface area contributed by atoms with E-state index in [2.05, 4.69) is 26.5 Å². The first-order valence-electron chi connectivity index (χ1n) is 8.56. The minimum absolute atomic E-state index is 0.320. The van der Waals surface area contributed by atoms with E-state index >= 15 is 0 Å². The Labute approximate surface area is 155 Å². The van der Waals surface area contributed by atoms with Crippen molar-refractivity contribution < 1.29 is 4.79 Å². The first-order chi connectivity index (χ1) is 13.0. The van der Waals surface area contributed by atoms with Crippen LogP contribution >= 0.6 is 0 Å². The van der Waals surface area contributed by atoms with Gasteiger partial charge in [0, 0.05) is 18.3 Å². The number of fused-ring (bicyclic) bond motifs is 2. The molecule has 8 heteroatoms. The van der Waals surface area contributed by atoms with Crippen molar-refractivity contribution in [1.29, 1.82) is 5.26 Å². The van der Waals surface area contributed by atoms with Crippen LogP contribution in [0.4, 0.5) is 5.95 Å². The third kappa shape index (κ3) is 2.79. The molecule has 0 saturated carbocycles. The fraction of sp³-hybridized carbons (Fsp3) is 0.211. The number of anilines is 1. The first-order valence-corrected chi connectivity index (χ1v) is 8.56. The number of hydrogen-bond donors (Lipinski definition) is 1. The summed E-state index contributed by atoms with van der Waals surface area (Å²) >= 11 is 0. The standard InChI is InChI=1S/C19H17N7O/c1-4-25-15-6-5-13(10-20)9-14(15)22-19(25)23-18(27)16-7-11(2)21-17-8-12(3)24-26(16)17/h5-9H,4H2,1-3H3,(H,22,23,27). The average molecular weight is 359 g/mol. The molecule has 27 heavy (non-hydrogen) atoms. The van der Waals surface area contributed by atoms with Gasteiger partial charge in [-0.2, -0.15) is 10.4 Å². The lowest BCUT2D eigenvalue weighted by atomic mass is 10.2. The van der Waals surface area contributed by atoms with Crippen LogP contribution in [0.5, 0.6) is 0 Å². The number of carbonyl (C=O) groups excluding carboxylic acids is 1. The molecule has 0 aliphatic rings. The highest BCUT2D eigenvalue weighted by Gasteiger charge is 2.18. The van der Waals surface area contributed by atoms with Gasteiger partial charge in [-0.05, 0) is 45.0 Å². The molecule has 1 N–H and O–H groups in total. The van der Waals surface area contributed by atoms with E-state index in [9.17, 15) is 4.79 Å². The molecule has 3 heterocycles. The molecule has 0 atom stereocenters. The second kappa shape index (κ2) is 6.21. The molecule has 1 aromatic carbocycles. The van der Waals surface area contributed by atoms with Crippen molar-refractivity contribution in [2.45, 2.75) is 27.3 Å². The fourth-order valence-electron chi connectivity index (χ4n) is 3.16. The molecule has 4 rings (SSSR count). The van der Waals surface area contributed by atoms with E-state index in [4.69, 9.17) is 5.26 Å². The monoisotopic (exact) mass is 359 g/mol. The quantitative estimate of drug-likeness (QED) is 0.606. The van der Waals surface area contributed by atoms with Crippen LogP contribution in [0.15, 0.2) is 30.3 Å². The second-order valence-electron chi connectivity index (χ2n) is 6.29. The number of nitriles is 1. The molecule has 134 valence electrons. The van der Waals surface area contributed by atoms with Crippen LogP contribution < -0.4 is 5.32 Å².